The molecule has 0 fully saturated rings. The highest BCUT2D eigenvalue weighted by Gasteiger charge is 2.17. The lowest BCUT2D eigenvalue weighted by Crippen LogP contribution is -3.09. The maximum Gasteiger partial charge on any atom is 0.251 e. The molecular weight excluding hydrogens is 310 g/mol. The zero-order valence-corrected chi connectivity index (χ0v) is 14.7. The molecule has 2 amide bonds. The Morgan fingerprint density at radius 1 is 1.35 bits per heavy atom. The molecule has 23 heavy (non-hydrogen) atoms. The normalized spacial score (nSPS) is 14.8. The van der Waals surface area contributed by atoms with E-state index in [2.05, 4.69) is 24.6 Å². The minimum Gasteiger partial charge on any atom is -0.352 e. The summed E-state index contributed by atoms with van der Waals surface area (Å²) in [6.07, 6.45) is 3.44. The maximum absolute atomic E-state index is 12.2. The number of carbonyl (C=O) groups is 2. The summed E-state index contributed by atoms with van der Waals surface area (Å²) < 4.78 is 0. The van der Waals surface area contributed by atoms with Crippen molar-refractivity contribution in [3.8, 4) is 0 Å². The first-order valence-corrected chi connectivity index (χ1v) is 9.25. The fraction of sp³-hybridized carbons (Fsp3) is 0.529. The van der Waals surface area contributed by atoms with Crippen LogP contribution in [0.5, 0.6) is 0 Å². The van der Waals surface area contributed by atoms with E-state index in [1.54, 1.807) is 6.07 Å². The molecule has 2 rings (SSSR count). The topological polar surface area (TPSA) is 62.6 Å². The lowest BCUT2D eigenvalue weighted by molar-refractivity contribution is -0.879. The Morgan fingerprint density at radius 3 is 2.91 bits per heavy atom. The van der Waals surface area contributed by atoms with Gasteiger partial charge in [0, 0.05) is 23.4 Å². The van der Waals surface area contributed by atoms with E-state index in [1.807, 2.05) is 12.1 Å². The van der Waals surface area contributed by atoms with Gasteiger partial charge in [0.15, 0.2) is 0 Å². The first-order chi connectivity index (χ1) is 11.1. The van der Waals surface area contributed by atoms with Crippen molar-refractivity contribution in [3.63, 3.8) is 0 Å². The van der Waals surface area contributed by atoms with Crippen LogP contribution in [0.4, 0.5) is 5.69 Å². The van der Waals surface area contributed by atoms with E-state index in [-0.39, 0.29) is 11.8 Å². The standard InChI is InChI=1S/C17H25N3O2S/c1-3-4-9-20(2)10-5-8-18-17(22)13-6-7-15-14(11-13)19-16(21)12-23-15/h6-7,11H,3-5,8-10,12H2,1-2H3,(H,18,22)(H,19,21)/p+1. The highest BCUT2D eigenvalue weighted by atomic mass is 32.2. The average molecular weight is 336 g/mol. The molecule has 3 N–H and O–H groups in total. The van der Waals surface area contributed by atoms with E-state index >= 15 is 0 Å². The highest BCUT2D eigenvalue weighted by Crippen LogP contribution is 2.31. The Kier molecular flexibility index (Phi) is 6.92. The number of thioether (sulfide) groups is 1. The van der Waals surface area contributed by atoms with Gasteiger partial charge in [-0.05, 0) is 24.6 Å². The molecule has 0 spiro atoms. The van der Waals surface area contributed by atoms with Crippen molar-refractivity contribution in [2.24, 2.45) is 0 Å². The van der Waals surface area contributed by atoms with E-state index in [0.717, 1.165) is 23.5 Å². The molecule has 1 atom stereocenters. The summed E-state index contributed by atoms with van der Waals surface area (Å²) in [5, 5.41) is 5.77. The summed E-state index contributed by atoms with van der Waals surface area (Å²) in [6.45, 7) is 5.14. The van der Waals surface area contributed by atoms with Crippen molar-refractivity contribution >= 4 is 29.3 Å². The van der Waals surface area contributed by atoms with Crippen molar-refractivity contribution < 1.29 is 14.5 Å². The molecular formula is C17H26N3O2S+. The van der Waals surface area contributed by atoms with Crippen LogP contribution in [0.15, 0.2) is 23.1 Å². The van der Waals surface area contributed by atoms with Gasteiger partial charge in [-0.1, -0.05) is 13.3 Å². The van der Waals surface area contributed by atoms with Gasteiger partial charge in [-0.25, -0.2) is 0 Å². The molecule has 6 heteroatoms. The second kappa shape index (κ2) is 8.93. The van der Waals surface area contributed by atoms with E-state index in [9.17, 15) is 9.59 Å². The van der Waals surface area contributed by atoms with Crippen LogP contribution < -0.4 is 15.5 Å². The van der Waals surface area contributed by atoms with Crippen LogP contribution in [0.2, 0.25) is 0 Å². The maximum atomic E-state index is 12.2. The monoisotopic (exact) mass is 336 g/mol. The van der Waals surface area contributed by atoms with E-state index in [1.165, 1.54) is 36.0 Å². The van der Waals surface area contributed by atoms with Crippen LogP contribution in [0.3, 0.4) is 0 Å². The molecule has 0 aromatic heterocycles. The van der Waals surface area contributed by atoms with Crippen LogP contribution in [-0.2, 0) is 4.79 Å². The number of amides is 2. The smallest absolute Gasteiger partial charge is 0.251 e. The molecule has 1 heterocycles. The number of quaternary nitrogens is 1. The lowest BCUT2D eigenvalue weighted by Gasteiger charge is -2.17. The zero-order valence-electron chi connectivity index (χ0n) is 13.9. The predicted octanol–water partition coefficient (Wildman–Crippen LogP) is 1.17. The van der Waals surface area contributed by atoms with Gasteiger partial charge >= 0.3 is 0 Å². The first-order valence-electron chi connectivity index (χ1n) is 8.26. The third-order valence-corrected chi connectivity index (χ3v) is 4.97. The van der Waals surface area contributed by atoms with Crippen molar-refractivity contribution in [3.05, 3.63) is 23.8 Å². The molecule has 0 saturated heterocycles. The second-order valence-electron chi connectivity index (χ2n) is 5.97. The van der Waals surface area contributed by atoms with Crippen molar-refractivity contribution in [1.29, 1.82) is 0 Å². The third kappa shape index (κ3) is 5.55. The molecule has 1 aromatic rings. The summed E-state index contributed by atoms with van der Waals surface area (Å²) in [5.74, 6) is 0.342. The predicted molar refractivity (Wildman–Crippen MR) is 94.3 cm³/mol. The highest BCUT2D eigenvalue weighted by molar-refractivity contribution is 8.00. The largest absolute Gasteiger partial charge is 0.352 e. The number of hydrogen-bond acceptors (Lipinski definition) is 3. The number of anilines is 1. The summed E-state index contributed by atoms with van der Waals surface area (Å²) >= 11 is 1.50. The SMILES string of the molecule is CCCC[NH+](C)CCCNC(=O)c1ccc2c(c1)NC(=O)CS2. The number of benzene rings is 1. The van der Waals surface area contributed by atoms with Gasteiger partial charge in [0.25, 0.3) is 5.91 Å². The van der Waals surface area contributed by atoms with Gasteiger partial charge in [0.05, 0.1) is 31.6 Å². The van der Waals surface area contributed by atoms with Crippen LogP contribution in [0.25, 0.3) is 0 Å². The lowest BCUT2D eigenvalue weighted by atomic mass is 10.2. The first kappa shape index (κ1) is 17.8. The zero-order chi connectivity index (χ0) is 16.7. The minimum absolute atomic E-state index is 0.0156. The van der Waals surface area contributed by atoms with E-state index in [4.69, 9.17) is 0 Å². The fourth-order valence-electron chi connectivity index (χ4n) is 2.52. The third-order valence-electron chi connectivity index (χ3n) is 3.90. The Labute approximate surface area is 142 Å². The number of rotatable bonds is 8. The molecule has 126 valence electrons. The number of unbranched alkanes of at least 4 members (excludes halogenated alkanes) is 1. The summed E-state index contributed by atoms with van der Waals surface area (Å²) in [7, 11) is 2.20. The molecule has 0 bridgehead atoms. The van der Waals surface area contributed by atoms with Gasteiger partial charge in [0.2, 0.25) is 5.91 Å². The van der Waals surface area contributed by atoms with Crippen molar-refractivity contribution in [1.82, 2.24) is 5.32 Å². The average Bonchev–Trinajstić information content (AvgIpc) is 2.55. The van der Waals surface area contributed by atoms with Gasteiger partial charge in [0.1, 0.15) is 0 Å². The summed E-state index contributed by atoms with van der Waals surface area (Å²) in [6, 6.07) is 5.47. The Morgan fingerprint density at radius 2 is 2.13 bits per heavy atom. The van der Waals surface area contributed by atoms with Crippen LogP contribution >= 0.6 is 11.8 Å². The van der Waals surface area contributed by atoms with Gasteiger partial charge in [-0.2, -0.15) is 0 Å². The number of hydrogen-bond donors (Lipinski definition) is 3. The molecule has 1 unspecified atom stereocenters. The Hall–Kier alpha value is -1.53. The van der Waals surface area contributed by atoms with Crippen LogP contribution in [0, 0.1) is 0 Å². The fourth-order valence-corrected chi connectivity index (χ4v) is 3.31. The summed E-state index contributed by atoms with van der Waals surface area (Å²) in [4.78, 5) is 26.1. The molecule has 1 aromatic carbocycles. The van der Waals surface area contributed by atoms with Crippen LogP contribution in [0.1, 0.15) is 36.5 Å². The molecule has 5 nitrogen and oxygen atoms in total. The van der Waals surface area contributed by atoms with E-state index in [0.29, 0.717) is 17.9 Å². The van der Waals surface area contributed by atoms with Gasteiger partial charge < -0.3 is 15.5 Å². The van der Waals surface area contributed by atoms with E-state index < -0.39 is 0 Å². The second-order valence-corrected chi connectivity index (χ2v) is 6.99. The van der Waals surface area contributed by atoms with Gasteiger partial charge in [-0.3, -0.25) is 9.59 Å². The Bertz CT molecular complexity index is 563. The molecule has 0 aliphatic carbocycles. The van der Waals surface area contributed by atoms with Crippen molar-refractivity contribution in [2.75, 3.05) is 37.8 Å². The molecule has 1 aliphatic rings. The summed E-state index contributed by atoms with van der Waals surface area (Å²) in [5.41, 5.74) is 1.33. The minimum atomic E-state index is -0.0798. The molecule has 0 saturated carbocycles. The number of carbonyl (C=O) groups excluding carboxylic acids is 2. The van der Waals surface area contributed by atoms with Crippen LogP contribution in [-0.4, -0.2) is 44.2 Å². The number of fused-ring (bicyclic) bond motifs is 1. The quantitative estimate of drug-likeness (QED) is 0.625. The van der Waals surface area contributed by atoms with Crippen molar-refractivity contribution in [2.45, 2.75) is 31.1 Å². The molecule has 0 radical (unpaired) electrons. The molecule has 1 aliphatic heterocycles. The number of nitrogens with one attached hydrogen (secondary N) is 3. The van der Waals surface area contributed by atoms with Gasteiger partial charge in [-0.15, -0.1) is 11.8 Å². The Balaban J connectivity index is 1.78.